The van der Waals surface area contributed by atoms with Gasteiger partial charge in [0.25, 0.3) is 0 Å². The van der Waals surface area contributed by atoms with Gasteiger partial charge in [0.15, 0.2) is 0 Å². The highest BCUT2D eigenvalue weighted by molar-refractivity contribution is 7.99. The lowest BCUT2D eigenvalue weighted by Gasteiger charge is -2.06. The maximum absolute atomic E-state index is 9.43. The van der Waals surface area contributed by atoms with Gasteiger partial charge >= 0.3 is 0 Å². The Morgan fingerprint density at radius 1 is 1.00 bits per heavy atom. The molecule has 0 radical (unpaired) electrons. The summed E-state index contributed by atoms with van der Waals surface area (Å²) >= 11 is 1.74. The molecule has 2 aromatic carbocycles. The van der Waals surface area contributed by atoms with E-state index in [1.807, 2.05) is 12.1 Å². The molecule has 0 spiro atoms. The van der Waals surface area contributed by atoms with E-state index in [4.69, 9.17) is 0 Å². The second-order valence-electron chi connectivity index (χ2n) is 4.16. The quantitative estimate of drug-likeness (QED) is 0.873. The molecule has 0 saturated heterocycles. The zero-order chi connectivity index (χ0) is 12.3. The van der Waals surface area contributed by atoms with Crippen molar-refractivity contribution in [1.82, 2.24) is 0 Å². The third kappa shape index (κ3) is 3.35. The normalized spacial score (nSPS) is 12.4. The molecule has 0 fully saturated rings. The first kappa shape index (κ1) is 12.2. The van der Waals surface area contributed by atoms with Gasteiger partial charge in [-0.15, -0.1) is 0 Å². The fourth-order valence-electron chi connectivity index (χ4n) is 1.63. The maximum Gasteiger partial charge on any atom is 0.0761 e. The second-order valence-corrected chi connectivity index (χ2v) is 5.31. The van der Waals surface area contributed by atoms with Gasteiger partial charge in [0.05, 0.1) is 6.10 Å². The molecule has 0 aromatic heterocycles. The monoisotopic (exact) mass is 244 g/mol. The predicted molar refractivity (Wildman–Crippen MR) is 72.4 cm³/mol. The average Bonchev–Trinajstić information content (AvgIpc) is 2.29. The highest BCUT2D eigenvalue weighted by Crippen LogP contribution is 2.28. The van der Waals surface area contributed by atoms with Gasteiger partial charge < -0.3 is 5.11 Å². The number of aliphatic hydroxyl groups excluding tert-OH is 1. The van der Waals surface area contributed by atoms with Crippen molar-refractivity contribution >= 4 is 11.8 Å². The van der Waals surface area contributed by atoms with Gasteiger partial charge in [-0.2, -0.15) is 0 Å². The van der Waals surface area contributed by atoms with Crippen molar-refractivity contribution < 1.29 is 5.11 Å². The van der Waals surface area contributed by atoms with Crippen molar-refractivity contribution in [3.8, 4) is 0 Å². The Bertz CT molecular complexity index is 489. The maximum atomic E-state index is 9.43. The number of aryl methyl sites for hydroxylation is 1. The Balaban J connectivity index is 2.14. The summed E-state index contributed by atoms with van der Waals surface area (Å²) in [6.45, 7) is 3.88. The third-order valence-corrected chi connectivity index (χ3v) is 3.59. The van der Waals surface area contributed by atoms with Gasteiger partial charge in [0.1, 0.15) is 0 Å². The molecule has 2 aromatic rings. The molecule has 88 valence electrons. The van der Waals surface area contributed by atoms with Crippen LogP contribution >= 0.6 is 11.8 Å². The number of benzene rings is 2. The minimum absolute atomic E-state index is 0.395. The van der Waals surface area contributed by atoms with Crippen molar-refractivity contribution in [2.45, 2.75) is 29.7 Å². The van der Waals surface area contributed by atoms with Crippen LogP contribution in [0.1, 0.15) is 24.2 Å². The van der Waals surface area contributed by atoms with Crippen LogP contribution in [0.25, 0.3) is 0 Å². The molecule has 1 N–H and O–H groups in total. The standard InChI is InChI=1S/C15H16OS/c1-11-4-3-5-15(10-11)17-14-8-6-13(7-9-14)12(2)16/h3-10,12,16H,1-2H3. The molecular formula is C15H16OS. The zero-order valence-corrected chi connectivity index (χ0v) is 10.9. The molecule has 0 aliphatic rings. The van der Waals surface area contributed by atoms with Crippen LogP contribution in [0.3, 0.4) is 0 Å². The van der Waals surface area contributed by atoms with Gasteiger partial charge in [0.2, 0.25) is 0 Å². The molecular weight excluding hydrogens is 228 g/mol. The highest BCUT2D eigenvalue weighted by atomic mass is 32.2. The summed E-state index contributed by atoms with van der Waals surface area (Å²) in [5, 5.41) is 9.43. The van der Waals surface area contributed by atoms with Crippen molar-refractivity contribution in [2.24, 2.45) is 0 Å². The summed E-state index contributed by atoms with van der Waals surface area (Å²) in [7, 11) is 0. The molecule has 1 nitrogen and oxygen atoms in total. The molecule has 0 amide bonds. The molecule has 2 heteroatoms. The smallest absolute Gasteiger partial charge is 0.0761 e. The lowest BCUT2D eigenvalue weighted by molar-refractivity contribution is 0.199. The Hall–Kier alpha value is -1.25. The predicted octanol–water partition coefficient (Wildman–Crippen LogP) is 4.20. The minimum Gasteiger partial charge on any atom is -0.389 e. The van der Waals surface area contributed by atoms with Crippen LogP contribution in [0.2, 0.25) is 0 Å². The van der Waals surface area contributed by atoms with Gasteiger partial charge in [-0.05, 0) is 43.7 Å². The molecule has 0 bridgehead atoms. The van der Waals surface area contributed by atoms with Crippen LogP contribution in [0.4, 0.5) is 0 Å². The highest BCUT2D eigenvalue weighted by Gasteiger charge is 2.01. The van der Waals surface area contributed by atoms with Crippen LogP contribution in [-0.4, -0.2) is 5.11 Å². The van der Waals surface area contributed by atoms with Crippen molar-refractivity contribution in [2.75, 3.05) is 0 Å². The van der Waals surface area contributed by atoms with Crippen LogP contribution in [0.5, 0.6) is 0 Å². The van der Waals surface area contributed by atoms with Crippen LogP contribution in [0, 0.1) is 6.92 Å². The number of hydrogen-bond acceptors (Lipinski definition) is 2. The molecule has 1 unspecified atom stereocenters. The number of aliphatic hydroxyl groups is 1. The Kier molecular flexibility index (Phi) is 3.87. The van der Waals surface area contributed by atoms with E-state index in [1.54, 1.807) is 18.7 Å². The summed E-state index contributed by atoms with van der Waals surface area (Å²) in [5.41, 5.74) is 2.23. The van der Waals surface area contributed by atoms with Crippen LogP contribution < -0.4 is 0 Å². The van der Waals surface area contributed by atoms with Gasteiger partial charge in [-0.3, -0.25) is 0 Å². The van der Waals surface area contributed by atoms with Crippen LogP contribution in [-0.2, 0) is 0 Å². The molecule has 0 aliphatic heterocycles. The largest absolute Gasteiger partial charge is 0.389 e. The van der Waals surface area contributed by atoms with E-state index in [0.717, 1.165) is 5.56 Å². The summed E-state index contributed by atoms with van der Waals surface area (Å²) < 4.78 is 0. The summed E-state index contributed by atoms with van der Waals surface area (Å²) in [4.78, 5) is 2.44. The van der Waals surface area contributed by atoms with Crippen molar-refractivity contribution in [3.63, 3.8) is 0 Å². The van der Waals surface area contributed by atoms with E-state index >= 15 is 0 Å². The van der Waals surface area contributed by atoms with E-state index in [-0.39, 0.29) is 0 Å². The van der Waals surface area contributed by atoms with E-state index in [1.165, 1.54) is 15.4 Å². The average molecular weight is 244 g/mol. The third-order valence-electron chi connectivity index (χ3n) is 2.59. The van der Waals surface area contributed by atoms with E-state index in [0.29, 0.717) is 0 Å². The first-order chi connectivity index (χ1) is 8.15. The van der Waals surface area contributed by atoms with Gasteiger partial charge in [0, 0.05) is 9.79 Å². The Labute approximate surface area is 107 Å². The Morgan fingerprint density at radius 3 is 2.29 bits per heavy atom. The molecule has 0 saturated carbocycles. The Morgan fingerprint density at radius 2 is 1.71 bits per heavy atom. The van der Waals surface area contributed by atoms with E-state index < -0.39 is 6.10 Å². The van der Waals surface area contributed by atoms with E-state index in [2.05, 4.69) is 43.3 Å². The molecule has 17 heavy (non-hydrogen) atoms. The lowest BCUT2D eigenvalue weighted by Crippen LogP contribution is -1.89. The molecule has 1 atom stereocenters. The molecule has 0 aliphatic carbocycles. The van der Waals surface area contributed by atoms with E-state index in [9.17, 15) is 5.11 Å². The molecule has 2 rings (SSSR count). The number of rotatable bonds is 3. The summed E-state index contributed by atoms with van der Waals surface area (Å²) in [5.74, 6) is 0. The summed E-state index contributed by atoms with van der Waals surface area (Å²) in [6.07, 6.45) is -0.395. The first-order valence-electron chi connectivity index (χ1n) is 5.68. The molecule has 0 heterocycles. The first-order valence-corrected chi connectivity index (χ1v) is 6.49. The second kappa shape index (κ2) is 5.39. The lowest BCUT2D eigenvalue weighted by atomic mass is 10.1. The minimum atomic E-state index is -0.395. The number of hydrogen-bond donors (Lipinski definition) is 1. The van der Waals surface area contributed by atoms with Gasteiger partial charge in [-0.1, -0.05) is 41.6 Å². The van der Waals surface area contributed by atoms with Gasteiger partial charge in [-0.25, -0.2) is 0 Å². The SMILES string of the molecule is Cc1cccc(Sc2ccc(C(C)O)cc2)c1. The topological polar surface area (TPSA) is 20.2 Å². The summed E-state index contributed by atoms with van der Waals surface area (Å²) in [6, 6.07) is 16.5. The zero-order valence-electron chi connectivity index (χ0n) is 10.1. The fraction of sp³-hybridized carbons (Fsp3) is 0.200. The van der Waals surface area contributed by atoms with Crippen molar-refractivity contribution in [1.29, 1.82) is 0 Å². The fourth-order valence-corrected chi connectivity index (χ4v) is 2.57. The van der Waals surface area contributed by atoms with Crippen LogP contribution in [0.15, 0.2) is 58.3 Å². The van der Waals surface area contributed by atoms with Crippen molar-refractivity contribution in [3.05, 3.63) is 59.7 Å².